The predicted octanol–water partition coefficient (Wildman–Crippen LogP) is 2.95. The lowest BCUT2D eigenvalue weighted by atomic mass is 10.3. The molecule has 6 heteroatoms. The molecule has 0 spiro atoms. The fraction of sp³-hybridized carbons (Fsp3) is 0.100. The third-order valence-corrected chi connectivity index (χ3v) is 3.50. The molecule has 0 saturated carbocycles. The van der Waals surface area contributed by atoms with Crippen LogP contribution in [0.1, 0.15) is 5.01 Å². The van der Waals surface area contributed by atoms with E-state index in [-0.39, 0.29) is 0 Å². The zero-order valence-corrected chi connectivity index (χ0v) is 10.8. The van der Waals surface area contributed by atoms with Gasteiger partial charge in [0.15, 0.2) is 0 Å². The van der Waals surface area contributed by atoms with Crippen molar-refractivity contribution in [3.63, 3.8) is 0 Å². The molecule has 0 fully saturated rings. The molecule has 2 aromatic heterocycles. The SMILES string of the molecule is Cc1nnc(-n2cc3ccc(Br)cc3n2)s1. The van der Waals surface area contributed by atoms with Crippen LogP contribution in [0.15, 0.2) is 28.9 Å². The van der Waals surface area contributed by atoms with Crippen molar-refractivity contribution in [3.8, 4) is 5.13 Å². The first-order valence-electron chi connectivity index (χ1n) is 4.68. The summed E-state index contributed by atoms with van der Waals surface area (Å²) in [6.07, 6.45) is 1.96. The average molecular weight is 295 g/mol. The van der Waals surface area contributed by atoms with E-state index in [0.29, 0.717) is 0 Å². The number of aromatic nitrogens is 4. The number of benzene rings is 1. The molecule has 0 aliphatic heterocycles. The van der Waals surface area contributed by atoms with E-state index in [1.54, 1.807) is 4.68 Å². The third-order valence-electron chi connectivity index (χ3n) is 2.18. The van der Waals surface area contributed by atoms with Gasteiger partial charge in [-0.3, -0.25) is 0 Å². The largest absolute Gasteiger partial charge is 0.232 e. The summed E-state index contributed by atoms with van der Waals surface area (Å²) in [5.74, 6) is 0. The molecule has 0 saturated heterocycles. The summed E-state index contributed by atoms with van der Waals surface area (Å²) in [5, 5.41) is 15.3. The van der Waals surface area contributed by atoms with Gasteiger partial charge in [0.25, 0.3) is 0 Å². The molecule has 1 aromatic carbocycles. The molecule has 0 radical (unpaired) electrons. The minimum absolute atomic E-state index is 0.796. The number of nitrogens with zero attached hydrogens (tertiary/aromatic N) is 4. The monoisotopic (exact) mass is 294 g/mol. The van der Waals surface area contributed by atoms with Crippen molar-refractivity contribution in [3.05, 3.63) is 33.9 Å². The molecule has 0 amide bonds. The lowest BCUT2D eigenvalue weighted by Crippen LogP contribution is -1.92. The van der Waals surface area contributed by atoms with Crippen molar-refractivity contribution >= 4 is 38.2 Å². The van der Waals surface area contributed by atoms with Gasteiger partial charge in [-0.25, -0.2) is 4.68 Å². The Kier molecular flexibility index (Phi) is 2.26. The van der Waals surface area contributed by atoms with E-state index in [1.165, 1.54) is 11.3 Å². The van der Waals surface area contributed by atoms with Gasteiger partial charge >= 0.3 is 0 Å². The highest BCUT2D eigenvalue weighted by atomic mass is 79.9. The van der Waals surface area contributed by atoms with E-state index in [9.17, 15) is 0 Å². The Morgan fingerprint density at radius 1 is 1.31 bits per heavy atom. The highest BCUT2D eigenvalue weighted by Gasteiger charge is 2.06. The summed E-state index contributed by atoms with van der Waals surface area (Å²) in [4.78, 5) is 0. The van der Waals surface area contributed by atoms with Crippen LogP contribution in [0.25, 0.3) is 16.0 Å². The number of rotatable bonds is 1. The topological polar surface area (TPSA) is 43.6 Å². The Morgan fingerprint density at radius 3 is 2.94 bits per heavy atom. The normalized spacial score (nSPS) is 11.1. The standard InChI is InChI=1S/C10H7BrN4S/c1-6-12-13-10(16-6)15-5-7-2-3-8(11)4-9(7)14-15/h2-5H,1H3. The number of fused-ring (bicyclic) bond motifs is 1. The minimum Gasteiger partial charge on any atom is -0.211 e. The van der Waals surface area contributed by atoms with Gasteiger partial charge in [0.1, 0.15) is 5.01 Å². The number of hydrogen-bond donors (Lipinski definition) is 0. The van der Waals surface area contributed by atoms with Gasteiger partial charge in [0.05, 0.1) is 5.52 Å². The Hall–Kier alpha value is -1.27. The summed E-state index contributed by atoms with van der Waals surface area (Å²) in [7, 11) is 0. The molecule has 16 heavy (non-hydrogen) atoms. The summed E-state index contributed by atoms with van der Waals surface area (Å²) in [6, 6.07) is 6.01. The van der Waals surface area contributed by atoms with E-state index in [2.05, 4.69) is 31.2 Å². The molecule has 4 nitrogen and oxygen atoms in total. The fourth-order valence-corrected chi connectivity index (χ4v) is 2.43. The molecular formula is C10H7BrN4S. The maximum Gasteiger partial charge on any atom is 0.232 e. The van der Waals surface area contributed by atoms with Crippen LogP contribution in [0, 0.1) is 6.92 Å². The Labute approximate surface area is 104 Å². The van der Waals surface area contributed by atoms with Crippen LogP contribution in [0.2, 0.25) is 0 Å². The zero-order chi connectivity index (χ0) is 11.1. The zero-order valence-electron chi connectivity index (χ0n) is 8.38. The van der Waals surface area contributed by atoms with E-state index >= 15 is 0 Å². The smallest absolute Gasteiger partial charge is 0.211 e. The molecule has 2 heterocycles. The molecule has 0 bridgehead atoms. The second kappa shape index (κ2) is 3.64. The summed E-state index contributed by atoms with van der Waals surface area (Å²) < 4.78 is 2.79. The van der Waals surface area contributed by atoms with Crippen LogP contribution in [0.3, 0.4) is 0 Å². The summed E-state index contributed by atoms with van der Waals surface area (Å²) >= 11 is 4.95. The molecule has 0 aliphatic rings. The number of aryl methyl sites for hydroxylation is 1. The third kappa shape index (κ3) is 1.64. The highest BCUT2D eigenvalue weighted by molar-refractivity contribution is 9.10. The summed E-state index contributed by atoms with van der Waals surface area (Å²) in [6.45, 7) is 1.93. The minimum atomic E-state index is 0.796. The maximum atomic E-state index is 4.45. The van der Waals surface area contributed by atoms with Crippen LogP contribution in [0.4, 0.5) is 0 Å². The van der Waals surface area contributed by atoms with Gasteiger partial charge in [0, 0.05) is 16.1 Å². The van der Waals surface area contributed by atoms with Gasteiger partial charge in [-0.1, -0.05) is 33.3 Å². The Balaban J connectivity index is 2.18. The van der Waals surface area contributed by atoms with E-state index in [0.717, 1.165) is 25.5 Å². The molecule has 0 atom stereocenters. The van der Waals surface area contributed by atoms with Crippen LogP contribution < -0.4 is 0 Å². The first-order valence-corrected chi connectivity index (χ1v) is 6.29. The van der Waals surface area contributed by atoms with Gasteiger partial charge < -0.3 is 0 Å². The van der Waals surface area contributed by atoms with Crippen LogP contribution in [0.5, 0.6) is 0 Å². The predicted molar refractivity (Wildman–Crippen MR) is 67.0 cm³/mol. The first kappa shape index (κ1) is 9.92. The van der Waals surface area contributed by atoms with Crippen LogP contribution >= 0.6 is 27.3 Å². The van der Waals surface area contributed by atoms with Crippen molar-refractivity contribution in [2.24, 2.45) is 0 Å². The number of halogens is 1. The molecule has 3 rings (SSSR count). The second-order valence-electron chi connectivity index (χ2n) is 3.38. The van der Waals surface area contributed by atoms with Crippen molar-refractivity contribution in [1.82, 2.24) is 20.0 Å². The average Bonchev–Trinajstić information content (AvgIpc) is 2.83. The Morgan fingerprint density at radius 2 is 2.19 bits per heavy atom. The van der Waals surface area contributed by atoms with Gasteiger partial charge in [-0.15, -0.1) is 10.2 Å². The lowest BCUT2D eigenvalue weighted by Gasteiger charge is -1.89. The van der Waals surface area contributed by atoms with E-state index in [1.807, 2.05) is 31.3 Å². The first-order chi connectivity index (χ1) is 7.72. The molecule has 80 valence electrons. The molecule has 0 N–H and O–H groups in total. The summed E-state index contributed by atoms with van der Waals surface area (Å²) in [5.41, 5.74) is 0.947. The van der Waals surface area contributed by atoms with Gasteiger partial charge in [0.2, 0.25) is 5.13 Å². The van der Waals surface area contributed by atoms with Crippen molar-refractivity contribution in [1.29, 1.82) is 0 Å². The van der Waals surface area contributed by atoms with Crippen molar-refractivity contribution < 1.29 is 0 Å². The van der Waals surface area contributed by atoms with Crippen molar-refractivity contribution in [2.45, 2.75) is 6.92 Å². The molecular weight excluding hydrogens is 288 g/mol. The highest BCUT2D eigenvalue weighted by Crippen LogP contribution is 2.21. The second-order valence-corrected chi connectivity index (χ2v) is 5.46. The van der Waals surface area contributed by atoms with E-state index < -0.39 is 0 Å². The van der Waals surface area contributed by atoms with Crippen LogP contribution in [-0.4, -0.2) is 20.0 Å². The fourth-order valence-electron chi connectivity index (χ4n) is 1.47. The van der Waals surface area contributed by atoms with Crippen LogP contribution in [-0.2, 0) is 0 Å². The van der Waals surface area contributed by atoms with Crippen molar-refractivity contribution in [2.75, 3.05) is 0 Å². The van der Waals surface area contributed by atoms with E-state index in [4.69, 9.17) is 0 Å². The quantitative estimate of drug-likeness (QED) is 0.693. The molecule has 0 aliphatic carbocycles. The molecule has 3 aromatic rings. The number of hydrogen-bond acceptors (Lipinski definition) is 4. The van der Waals surface area contributed by atoms with Gasteiger partial charge in [-0.05, 0) is 19.1 Å². The maximum absolute atomic E-state index is 4.45. The Bertz CT molecular complexity index is 658. The molecule has 0 unspecified atom stereocenters. The van der Waals surface area contributed by atoms with Gasteiger partial charge in [-0.2, -0.15) is 5.10 Å². The lowest BCUT2D eigenvalue weighted by molar-refractivity contribution is 0.855.